The first-order valence-electron chi connectivity index (χ1n) is 26.5. The summed E-state index contributed by atoms with van der Waals surface area (Å²) in [6.07, 6.45) is 48.9. The zero-order valence-corrected chi connectivity index (χ0v) is 37.3. The Kier molecular flexibility index (Phi) is 11.2. The summed E-state index contributed by atoms with van der Waals surface area (Å²) in [6.45, 7) is 0. The lowest BCUT2D eigenvalue weighted by Gasteiger charge is -2.54. The first-order valence-corrected chi connectivity index (χ1v) is 28.4. The number of fused-ring (bicyclic) bond motifs is 11. The van der Waals surface area contributed by atoms with Crippen molar-refractivity contribution in [3.05, 3.63) is 0 Å². The predicted molar refractivity (Wildman–Crippen MR) is 237 cm³/mol. The summed E-state index contributed by atoms with van der Waals surface area (Å²) in [5.74, 6) is 12.2. The van der Waals surface area contributed by atoms with Crippen LogP contribution in [0.4, 0.5) is 0 Å². The highest BCUT2D eigenvalue weighted by molar-refractivity contribution is 8.01. The van der Waals surface area contributed by atoms with Crippen LogP contribution in [0, 0.1) is 71.0 Å². The summed E-state index contributed by atoms with van der Waals surface area (Å²) >= 11 is 5.04. The van der Waals surface area contributed by atoms with E-state index in [4.69, 9.17) is 4.74 Å². The number of rotatable bonds is 5. The Labute approximate surface area is 352 Å². The number of nitrogens with zero attached hydrogens (tertiary/aromatic N) is 1. The molecule has 0 bridgehead atoms. The average Bonchev–Trinajstić information content (AvgIpc) is 3.96. The van der Waals surface area contributed by atoms with Gasteiger partial charge in [0.05, 0.1) is 12.2 Å². The van der Waals surface area contributed by atoms with Gasteiger partial charge in [0.1, 0.15) is 0 Å². The molecule has 4 heteroatoms. The third-order valence-corrected chi connectivity index (χ3v) is 25.1. The second-order valence-electron chi connectivity index (χ2n) is 23.5. The van der Waals surface area contributed by atoms with E-state index < -0.39 is 0 Å². The number of hydrogen-bond acceptors (Lipinski definition) is 4. The van der Waals surface area contributed by atoms with Gasteiger partial charge in [-0.05, 0) is 194 Å². The van der Waals surface area contributed by atoms with Crippen LogP contribution < -0.4 is 0 Å². The van der Waals surface area contributed by atoms with Gasteiger partial charge in [0.25, 0.3) is 0 Å². The van der Waals surface area contributed by atoms with Crippen molar-refractivity contribution in [1.82, 2.24) is 4.90 Å². The van der Waals surface area contributed by atoms with Crippen molar-refractivity contribution in [2.24, 2.45) is 71.0 Å². The van der Waals surface area contributed by atoms with Crippen molar-refractivity contribution in [3.63, 3.8) is 0 Å². The quantitative estimate of drug-likeness (QED) is 0.274. The van der Waals surface area contributed by atoms with Gasteiger partial charge in [-0.1, -0.05) is 70.6 Å². The molecule has 9 saturated carbocycles. The zero-order valence-electron chi connectivity index (χ0n) is 35.7. The van der Waals surface area contributed by atoms with Gasteiger partial charge >= 0.3 is 0 Å². The molecule has 56 heavy (non-hydrogen) atoms. The van der Waals surface area contributed by atoms with Gasteiger partial charge in [0, 0.05) is 45.0 Å². The average molecular weight is 802 g/mol. The number of ether oxygens (including phenoxy) is 1. The first kappa shape index (κ1) is 38.3. The van der Waals surface area contributed by atoms with E-state index in [1.165, 1.54) is 122 Å². The van der Waals surface area contributed by atoms with Gasteiger partial charge < -0.3 is 4.74 Å². The van der Waals surface area contributed by atoms with Crippen molar-refractivity contribution >= 4 is 23.5 Å². The third kappa shape index (κ3) is 6.83. The summed E-state index contributed by atoms with van der Waals surface area (Å²) in [6, 6.07) is 2.40. The maximum Gasteiger partial charge on any atom is 0.0766 e. The van der Waals surface area contributed by atoms with Gasteiger partial charge in [0.2, 0.25) is 0 Å². The van der Waals surface area contributed by atoms with Crippen LogP contribution in [0.3, 0.4) is 0 Å². The molecule has 12 fully saturated rings. The largest absolute Gasteiger partial charge is 0.372 e. The SMILES string of the molecule is C1CCC(C2CCC3CCC(C4CCC(N(C5CCCC6C7CCC8SC9CCCCC9C8C7OC65)C5CCCC6C7CCCCC7SC65)CC4)CC3C2)CC1. The van der Waals surface area contributed by atoms with Crippen molar-refractivity contribution in [1.29, 1.82) is 0 Å². The summed E-state index contributed by atoms with van der Waals surface area (Å²) in [5, 5.41) is 3.82. The summed E-state index contributed by atoms with van der Waals surface area (Å²) < 4.78 is 7.87. The van der Waals surface area contributed by atoms with Gasteiger partial charge in [-0.2, -0.15) is 23.5 Å². The Bertz CT molecular complexity index is 1340. The molecule has 18 unspecified atom stereocenters. The molecule has 0 aromatic rings. The van der Waals surface area contributed by atoms with Gasteiger partial charge in [-0.25, -0.2) is 0 Å². The summed E-state index contributed by atoms with van der Waals surface area (Å²) in [5.41, 5.74) is 0. The molecule has 0 spiro atoms. The second kappa shape index (κ2) is 16.4. The van der Waals surface area contributed by atoms with E-state index in [9.17, 15) is 0 Å². The molecule has 3 aliphatic heterocycles. The van der Waals surface area contributed by atoms with Crippen LogP contribution in [0.15, 0.2) is 0 Å². The molecule has 3 saturated heterocycles. The normalized spacial score (nSPS) is 54.6. The molecule has 0 radical (unpaired) electrons. The molecule has 9 aliphatic carbocycles. The van der Waals surface area contributed by atoms with Crippen molar-refractivity contribution in [3.8, 4) is 0 Å². The molecule has 0 amide bonds. The maximum atomic E-state index is 7.87. The molecule has 0 aromatic heterocycles. The standard InChI is InChI=1S/C52H83NOS2/c1-2-10-32(11-3-1)35-22-20-34-21-23-36(31-37(34)30-35)33-24-26-38(27-25-33)53(45-17-9-15-42-39-12-4-6-18-46(39)56-52(42)45)44-16-8-14-40-41-28-29-48-49(51(41)54-50(40)44)43-13-5-7-19-47(43)55-48/h32-52H,1-31H2. The fourth-order valence-corrected chi connectivity index (χ4v) is 23.4. The van der Waals surface area contributed by atoms with Crippen molar-refractivity contribution < 1.29 is 4.74 Å². The first-order chi connectivity index (χ1) is 27.7. The monoisotopic (exact) mass is 802 g/mol. The van der Waals surface area contributed by atoms with E-state index in [-0.39, 0.29) is 0 Å². The second-order valence-corrected chi connectivity index (χ2v) is 26.4. The lowest BCUT2D eigenvalue weighted by Crippen LogP contribution is -2.61. The van der Waals surface area contributed by atoms with E-state index in [1.54, 1.807) is 77.0 Å². The molecule has 18 atom stereocenters. The molecule has 0 aromatic carbocycles. The van der Waals surface area contributed by atoms with E-state index in [1.807, 2.05) is 0 Å². The fourth-order valence-electron chi connectivity index (χ4n) is 19.0. The minimum absolute atomic E-state index is 0.551. The molecule has 314 valence electrons. The maximum absolute atomic E-state index is 7.87. The molecule has 12 aliphatic rings. The van der Waals surface area contributed by atoms with Gasteiger partial charge in [-0.15, -0.1) is 0 Å². The van der Waals surface area contributed by atoms with Gasteiger partial charge in [0.15, 0.2) is 0 Å². The molecular formula is C52H83NOS2. The van der Waals surface area contributed by atoms with E-state index in [0.29, 0.717) is 12.2 Å². The van der Waals surface area contributed by atoms with Crippen LogP contribution >= 0.6 is 23.5 Å². The molecule has 12 rings (SSSR count). The lowest BCUT2D eigenvalue weighted by molar-refractivity contribution is -0.0985. The highest BCUT2D eigenvalue weighted by Gasteiger charge is 2.61. The van der Waals surface area contributed by atoms with E-state index in [2.05, 4.69) is 28.4 Å². The smallest absolute Gasteiger partial charge is 0.0766 e. The van der Waals surface area contributed by atoms with Crippen molar-refractivity contribution in [2.45, 2.75) is 250 Å². The van der Waals surface area contributed by atoms with Crippen LogP contribution in [-0.4, -0.2) is 56.2 Å². The van der Waals surface area contributed by atoms with Crippen LogP contribution in [-0.2, 0) is 4.74 Å². The Morgan fingerprint density at radius 3 is 1.70 bits per heavy atom. The molecular weight excluding hydrogens is 719 g/mol. The van der Waals surface area contributed by atoms with Crippen molar-refractivity contribution in [2.75, 3.05) is 0 Å². The Balaban J connectivity index is 0.783. The molecule has 3 heterocycles. The molecule has 2 nitrogen and oxygen atoms in total. The number of thioether (sulfide) groups is 2. The van der Waals surface area contributed by atoms with E-state index in [0.717, 1.165) is 110 Å². The lowest BCUT2D eigenvalue weighted by atomic mass is 9.59. The summed E-state index contributed by atoms with van der Waals surface area (Å²) in [4.78, 5) is 3.43. The minimum atomic E-state index is 0.551. The third-order valence-electron chi connectivity index (χ3n) is 21.4. The van der Waals surface area contributed by atoms with Crippen LogP contribution in [0.5, 0.6) is 0 Å². The van der Waals surface area contributed by atoms with Crippen LogP contribution in [0.2, 0.25) is 0 Å². The minimum Gasteiger partial charge on any atom is -0.372 e. The van der Waals surface area contributed by atoms with Crippen LogP contribution in [0.25, 0.3) is 0 Å². The predicted octanol–water partition coefficient (Wildman–Crippen LogP) is 13.7. The topological polar surface area (TPSA) is 12.5 Å². The Hall–Kier alpha value is 0.620. The zero-order chi connectivity index (χ0) is 36.7. The number of hydrogen-bond donors (Lipinski definition) is 0. The Morgan fingerprint density at radius 1 is 0.339 bits per heavy atom. The van der Waals surface area contributed by atoms with Crippen LogP contribution in [0.1, 0.15) is 199 Å². The van der Waals surface area contributed by atoms with Gasteiger partial charge in [-0.3, -0.25) is 4.90 Å². The highest BCUT2D eigenvalue weighted by Crippen LogP contribution is 2.62. The molecule has 0 N–H and O–H groups in total. The fraction of sp³-hybridized carbons (Fsp3) is 1.00. The van der Waals surface area contributed by atoms with E-state index >= 15 is 0 Å². The Morgan fingerprint density at radius 2 is 0.911 bits per heavy atom. The highest BCUT2D eigenvalue weighted by atomic mass is 32.2. The summed E-state index contributed by atoms with van der Waals surface area (Å²) in [7, 11) is 0.